The number of anilines is 1. The minimum absolute atomic E-state index is 0.0834. The maximum Gasteiger partial charge on any atom is 0.224 e. The predicted molar refractivity (Wildman–Crippen MR) is 72.0 cm³/mol. The van der Waals surface area contributed by atoms with Gasteiger partial charge in [-0.15, -0.1) is 0 Å². The molecule has 1 saturated heterocycles. The highest BCUT2D eigenvalue weighted by atomic mass is 16.5. The van der Waals surface area contributed by atoms with Gasteiger partial charge in [0.25, 0.3) is 0 Å². The van der Waals surface area contributed by atoms with Crippen molar-refractivity contribution >= 4 is 11.6 Å². The lowest BCUT2D eigenvalue weighted by Crippen LogP contribution is -2.18. The van der Waals surface area contributed by atoms with Gasteiger partial charge in [-0.05, 0) is 44.0 Å². The highest BCUT2D eigenvalue weighted by molar-refractivity contribution is 5.91. The summed E-state index contributed by atoms with van der Waals surface area (Å²) in [5, 5.41) is 6.24. The molecule has 0 bridgehead atoms. The molecule has 1 unspecified atom stereocenters. The number of aryl methyl sites for hydroxylation is 1. The largest absolute Gasteiger partial charge is 0.497 e. The van der Waals surface area contributed by atoms with Gasteiger partial charge in [-0.2, -0.15) is 0 Å². The highest BCUT2D eigenvalue weighted by Gasteiger charge is 2.18. The van der Waals surface area contributed by atoms with E-state index in [0.717, 1.165) is 36.5 Å². The van der Waals surface area contributed by atoms with Crippen LogP contribution in [0.5, 0.6) is 5.75 Å². The molecule has 0 aromatic heterocycles. The fourth-order valence-electron chi connectivity index (χ4n) is 2.21. The van der Waals surface area contributed by atoms with Gasteiger partial charge in [0.1, 0.15) is 5.75 Å². The van der Waals surface area contributed by atoms with E-state index in [1.165, 1.54) is 0 Å². The summed E-state index contributed by atoms with van der Waals surface area (Å²) in [5.74, 6) is 1.31. The van der Waals surface area contributed by atoms with E-state index in [1.54, 1.807) is 7.11 Å². The van der Waals surface area contributed by atoms with E-state index in [9.17, 15) is 4.79 Å². The fourth-order valence-corrected chi connectivity index (χ4v) is 2.21. The first kappa shape index (κ1) is 12.9. The molecule has 2 N–H and O–H groups in total. The molecule has 18 heavy (non-hydrogen) atoms. The van der Waals surface area contributed by atoms with Crippen LogP contribution in [0.25, 0.3) is 0 Å². The van der Waals surface area contributed by atoms with Crippen molar-refractivity contribution in [1.29, 1.82) is 0 Å². The first-order chi connectivity index (χ1) is 8.69. The zero-order chi connectivity index (χ0) is 13.0. The quantitative estimate of drug-likeness (QED) is 0.856. The van der Waals surface area contributed by atoms with Gasteiger partial charge in [0, 0.05) is 18.2 Å². The molecule has 98 valence electrons. The van der Waals surface area contributed by atoms with Crippen LogP contribution in [0.1, 0.15) is 18.4 Å². The van der Waals surface area contributed by atoms with Gasteiger partial charge < -0.3 is 15.4 Å². The Balaban J connectivity index is 1.97. The third-order valence-corrected chi connectivity index (χ3v) is 3.36. The van der Waals surface area contributed by atoms with Crippen LogP contribution in [0.3, 0.4) is 0 Å². The molecule has 2 rings (SSSR count). The van der Waals surface area contributed by atoms with Gasteiger partial charge >= 0.3 is 0 Å². The number of nitrogens with one attached hydrogen (secondary N) is 2. The average Bonchev–Trinajstić information content (AvgIpc) is 2.84. The van der Waals surface area contributed by atoms with Crippen molar-refractivity contribution in [2.75, 3.05) is 25.5 Å². The van der Waals surface area contributed by atoms with Gasteiger partial charge in [0.15, 0.2) is 0 Å². The lowest BCUT2D eigenvalue weighted by molar-refractivity contribution is -0.116. The lowest BCUT2D eigenvalue weighted by Gasteiger charge is -2.12. The van der Waals surface area contributed by atoms with Gasteiger partial charge in [-0.25, -0.2) is 0 Å². The van der Waals surface area contributed by atoms with E-state index in [-0.39, 0.29) is 5.91 Å². The van der Waals surface area contributed by atoms with Crippen LogP contribution in [0.2, 0.25) is 0 Å². The SMILES string of the molecule is COc1ccc(C)c(NC(=O)CC2CCNC2)c1. The molecule has 1 aromatic carbocycles. The topological polar surface area (TPSA) is 50.4 Å². The van der Waals surface area contributed by atoms with Crippen molar-refractivity contribution in [3.63, 3.8) is 0 Å². The van der Waals surface area contributed by atoms with Crippen LogP contribution in [-0.2, 0) is 4.79 Å². The van der Waals surface area contributed by atoms with Crippen LogP contribution >= 0.6 is 0 Å². The second-order valence-corrected chi connectivity index (χ2v) is 4.79. The van der Waals surface area contributed by atoms with E-state index in [4.69, 9.17) is 4.74 Å². The number of rotatable bonds is 4. The summed E-state index contributed by atoms with van der Waals surface area (Å²) in [4.78, 5) is 11.9. The van der Waals surface area contributed by atoms with Crippen molar-refractivity contribution in [2.24, 2.45) is 5.92 Å². The minimum atomic E-state index is 0.0834. The summed E-state index contributed by atoms with van der Waals surface area (Å²) in [6.45, 7) is 3.95. The highest BCUT2D eigenvalue weighted by Crippen LogP contribution is 2.22. The number of benzene rings is 1. The minimum Gasteiger partial charge on any atom is -0.497 e. The van der Waals surface area contributed by atoms with Crippen LogP contribution in [0, 0.1) is 12.8 Å². The Kier molecular flexibility index (Phi) is 4.20. The van der Waals surface area contributed by atoms with E-state index in [1.807, 2.05) is 25.1 Å². The Morgan fingerprint density at radius 1 is 1.56 bits per heavy atom. The maximum absolute atomic E-state index is 11.9. The van der Waals surface area contributed by atoms with Crippen LogP contribution in [0.4, 0.5) is 5.69 Å². The molecule has 0 radical (unpaired) electrons. The Labute approximate surface area is 108 Å². The third-order valence-electron chi connectivity index (χ3n) is 3.36. The number of hydrogen-bond acceptors (Lipinski definition) is 3. The normalized spacial score (nSPS) is 18.7. The Morgan fingerprint density at radius 2 is 2.39 bits per heavy atom. The summed E-state index contributed by atoms with van der Waals surface area (Å²) < 4.78 is 5.16. The molecule has 1 aliphatic rings. The standard InChI is InChI=1S/C14H20N2O2/c1-10-3-4-12(18-2)8-13(10)16-14(17)7-11-5-6-15-9-11/h3-4,8,11,15H,5-7,9H2,1-2H3,(H,16,17). The van der Waals surface area contributed by atoms with Gasteiger partial charge in [-0.3, -0.25) is 4.79 Å². The molecular weight excluding hydrogens is 228 g/mol. The molecule has 1 amide bonds. The van der Waals surface area contributed by atoms with E-state index in [2.05, 4.69) is 10.6 Å². The molecule has 1 heterocycles. The van der Waals surface area contributed by atoms with E-state index < -0.39 is 0 Å². The first-order valence-corrected chi connectivity index (χ1v) is 6.34. The molecule has 1 aliphatic heterocycles. The van der Waals surface area contributed by atoms with Crippen molar-refractivity contribution in [3.05, 3.63) is 23.8 Å². The number of ether oxygens (including phenoxy) is 1. The van der Waals surface area contributed by atoms with Crippen molar-refractivity contribution in [2.45, 2.75) is 19.8 Å². The number of carbonyl (C=O) groups excluding carboxylic acids is 1. The number of hydrogen-bond donors (Lipinski definition) is 2. The third kappa shape index (κ3) is 3.23. The smallest absolute Gasteiger partial charge is 0.224 e. The van der Waals surface area contributed by atoms with E-state index >= 15 is 0 Å². The maximum atomic E-state index is 11.9. The number of carbonyl (C=O) groups is 1. The predicted octanol–water partition coefficient (Wildman–Crippen LogP) is 1.94. The second kappa shape index (κ2) is 5.87. The number of methoxy groups -OCH3 is 1. The van der Waals surface area contributed by atoms with Crippen molar-refractivity contribution < 1.29 is 9.53 Å². The summed E-state index contributed by atoms with van der Waals surface area (Å²) in [7, 11) is 1.63. The molecule has 1 atom stereocenters. The van der Waals surface area contributed by atoms with Crippen molar-refractivity contribution in [1.82, 2.24) is 5.32 Å². The van der Waals surface area contributed by atoms with Crippen LogP contribution in [0.15, 0.2) is 18.2 Å². The fraction of sp³-hybridized carbons (Fsp3) is 0.500. The summed E-state index contributed by atoms with van der Waals surface area (Å²) in [6.07, 6.45) is 1.67. The summed E-state index contributed by atoms with van der Waals surface area (Å²) in [6, 6.07) is 5.71. The van der Waals surface area contributed by atoms with Crippen LogP contribution in [-0.4, -0.2) is 26.1 Å². The van der Waals surface area contributed by atoms with Gasteiger partial charge in [-0.1, -0.05) is 6.07 Å². The van der Waals surface area contributed by atoms with Gasteiger partial charge in [0.05, 0.1) is 7.11 Å². The summed E-state index contributed by atoms with van der Waals surface area (Å²) >= 11 is 0. The number of amides is 1. The lowest BCUT2D eigenvalue weighted by atomic mass is 10.0. The Bertz CT molecular complexity index is 426. The molecule has 0 saturated carbocycles. The van der Waals surface area contributed by atoms with E-state index in [0.29, 0.717) is 12.3 Å². The molecule has 0 aliphatic carbocycles. The average molecular weight is 248 g/mol. The van der Waals surface area contributed by atoms with Gasteiger partial charge in [0.2, 0.25) is 5.91 Å². The molecule has 0 spiro atoms. The molecule has 4 nitrogen and oxygen atoms in total. The molecule has 4 heteroatoms. The monoisotopic (exact) mass is 248 g/mol. The summed E-state index contributed by atoms with van der Waals surface area (Å²) in [5.41, 5.74) is 1.89. The zero-order valence-electron chi connectivity index (χ0n) is 11.0. The Morgan fingerprint density at radius 3 is 3.06 bits per heavy atom. The zero-order valence-corrected chi connectivity index (χ0v) is 11.0. The molecule has 1 fully saturated rings. The molecule has 1 aromatic rings. The second-order valence-electron chi connectivity index (χ2n) is 4.79. The molecular formula is C14H20N2O2. The first-order valence-electron chi connectivity index (χ1n) is 6.34. The Hall–Kier alpha value is -1.55. The van der Waals surface area contributed by atoms with Crippen LogP contribution < -0.4 is 15.4 Å². The van der Waals surface area contributed by atoms with Crippen molar-refractivity contribution in [3.8, 4) is 5.75 Å².